The minimum absolute atomic E-state index is 0.0615. The molecule has 0 aromatic heterocycles. The van der Waals surface area contributed by atoms with Gasteiger partial charge in [0.05, 0.1) is 16.8 Å². The fraction of sp³-hybridized carbons (Fsp3) is 0.654. The van der Waals surface area contributed by atoms with Gasteiger partial charge in [-0.1, -0.05) is 25.1 Å². The number of aliphatic hydroxyl groups is 1. The van der Waals surface area contributed by atoms with Crippen molar-refractivity contribution in [3.05, 3.63) is 35.9 Å². The van der Waals surface area contributed by atoms with Crippen LogP contribution in [0.4, 0.5) is 0 Å². The van der Waals surface area contributed by atoms with Crippen LogP contribution in [0.2, 0.25) is 0 Å². The van der Waals surface area contributed by atoms with E-state index >= 15 is 0 Å². The molecule has 34 heavy (non-hydrogen) atoms. The maximum Gasteiger partial charge on any atom is 0.338 e. The number of fused-ring (bicyclic) bond motifs is 1. The topological polar surface area (TPSA) is 108 Å². The van der Waals surface area contributed by atoms with E-state index in [9.17, 15) is 19.5 Å². The van der Waals surface area contributed by atoms with Gasteiger partial charge in [-0.25, -0.2) is 4.79 Å². The van der Waals surface area contributed by atoms with E-state index in [1.54, 1.807) is 30.3 Å². The lowest BCUT2D eigenvalue weighted by atomic mass is 9.49. The Hall–Kier alpha value is -2.45. The Kier molecular flexibility index (Phi) is 6.27. The largest absolute Gasteiger partial charge is 0.465 e. The first-order chi connectivity index (χ1) is 15.9. The first-order valence-electron chi connectivity index (χ1n) is 11.9. The van der Waals surface area contributed by atoms with Gasteiger partial charge < -0.3 is 24.1 Å². The second kappa shape index (κ2) is 8.64. The Morgan fingerprint density at radius 1 is 1.06 bits per heavy atom. The molecule has 1 heterocycles. The minimum Gasteiger partial charge on any atom is -0.465 e. The van der Waals surface area contributed by atoms with E-state index in [-0.39, 0.29) is 18.4 Å². The average molecular weight is 475 g/mol. The number of carbonyl (C=O) groups is 3. The van der Waals surface area contributed by atoms with E-state index < -0.39 is 52.8 Å². The predicted octanol–water partition coefficient (Wildman–Crippen LogP) is 3.05. The third-order valence-electron chi connectivity index (χ3n) is 8.19. The molecule has 4 rings (SSSR count). The molecule has 0 amide bonds. The van der Waals surface area contributed by atoms with E-state index in [2.05, 4.69) is 0 Å². The number of carbonyl (C=O) groups excluding carboxylic acids is 3. The van der Waals surface area contributed by atoms with Crippen molar-refractivity contribution in [1.82, 2.24) is 0 Å². The zero-order valence-corrected chi connectivity index (χ0v) is 20.4. The summed E-state index contributed by atoms with van der Waals surface area (Å²) in [6.07, 6.45) is -1.52. The molecule has 0 radical (unpaired) electrons. The Bertz CT molecular complexity index is 959. The van der Waals surface area contributed by atoms with Gasteiger partial charge >= 0.3 is 17.9 Å². The molecule has 8 heteroatoms. The second-order valence-electron chi connectivity index (χ2n) is 10.5. The van der Waals surface area contributed by atoms with Crippen molar-refractivity contribution in [2.75, 3.05) is 6.61 Å². The number of hydrogen-bond acceptors (Lipinski definition) is 8. The minimum atomic E-state index is -1.31. The van der Waals surface area contributed by atoms with Crippen molar-refractivity contribution < 1.29 is 38.4 Å². The van der Waals surface area contributed by atoms with Crippen LogP contribution in [-0.2, 0) is 28.5 Å². The summed E-state index contributed by atoms with van der Waals surface area (Å²) in [5.74, 6) is -1.68. The lowest BCUT2D eigenvalue weighted by molar-refractivity contribution is -0.295. The van der Waals surface area contributed by atoms with Crippen LogP contribution < -0.4 is 0 Å². The lowest BCUT2D eigenvalue weighted by Crippen LogP contribution is -2.74. The molecule has 1 aromatic carbocycles. The number of benzene rings is 1. The highest BCUT2D eigenvalue weighted by molar-refractivity contribution is 5.89. The summed E-state index contributed by atoms with van der Waals surface area (Å²) in [6, 6.07) is 8.63. The number of aliphatic hydroxyl groups excluding tert-OH is 1. The van der Waals surface area contributed by atoms with E-state index in [1.807, 2.05) is 20.8 Å². The smallest absolute Gasteiger partial charge is 0.338 e. The van der Waals surface area contributed by atoms with Gasteiger partial charge in [0, 0.05) is 13.8 Å². The third kappa shape index (κ3) is 3.81. The Morgan fingerprint density at radius 2 is 1.74 bits per heavy atom. The molecule has 3 aliphatic rings. The van der Waals surface area contributed by atoms with Crippen molar-refractivity contribution in [2.24, 2.45) is 17.3 Å². The molecule has 1 saturated heterocycles. The van der Waals surface area contributed by atoms with Gasteiger partial charge in [0.1, 0.15) is 30.3 Å². The molecule has 7 unspecified atom stereocenters. The van der Waals surface area contributed by atoms with Crippen molar-refractivity contribution in [2.45, 2.75) is 83.4 Å². The van der Waals surface area contributed by atoms with Crippen molar-refractivity contribution >= 4 is 17.9 Å². The molecule has 1 aromatic rings. The van der Waals surface area contributed by atoms with Crippen molar-refractivity contribution in [1.29, 1.82) is 0 Å². The zero-order valence-electron chi connectivity index (χ0n) is 20.4. The maximum atomic E-state index is 13.2. The van der Waals surface area contributed by atoms with Crippen molar-refractivity contribution in [3.8, 4) is 0 Å². The molecule has 1 N–H and O–H groups in total. The number of hydrogen-bond donors (Lipinski definition) is 1. The SMILES string of the molecule is CC(=O)OCC12C(OC(=O)c3ccccc3)CC3CC1(OC3(C)C)C(C)CC(OC(C)=O)C2O. The van der Waals surface area contributed by atoms with Gasteiger partial charge in [0.15, 0.2) is 0 Å². The molecule has 1 spiro atoms. The highest BCUT2D eigenvalue weighted by Crippen LogP contribution is 2.66. The van der Waals surface area contributed by atoms with Gasteiger partial charge in [0.25, 0.3) is 0 Å². The predicted molar refractivity (Wildman–Crippen MR) is 121 cm³/mol. The average Bonchev–Trinajstić information content (AvgIpc) is 2.99. The number of ether oxygens (including phenoxy) is 4. The van der Waals surface area contributed by atoms with Gasteiger partial charge in [0.2, 0.25) is 0 Å². The van der Waals surface area contributed by atoms with Crippen LogP contribution >= 0.6 is 0 Å². The zero-order chi connectivity index (χ0) is 24.9. The van der Waals surface area contributed by atoms with Crippen LogP contribution in [0.3, 0.4) is 0 Å². The fourth-order valence-electron chi connectivity index (χ4n) is 6.57. The monoisotopic (exact) mass is 474 g/mol. The van der Waals surface area contributed by atoms with E-state index in [0.29, 0.717) is 24.8 Å². The third-order valence-corrected chi connectivity index (χ3v) is 8.19. The summed E-state index contributed by atoms with van der Waals surface area (Å²) >= 11 is 0. The summed E-state index contributed by atoms with van der Waals surface area (Å²) in [4.78, 5) is 37.0. The van der Waals surface area contributed by atoms with Crippen LogP contribution in [0.5, 0.6) is 0 Å². The molecular formula is C26H34O8. The first kappa shape index (κ1) is 24.7. The molecule has 3 fully saturated rings. The fourth-order valence-corrected chi connectivity index (χ4v) is 6.57. The second-order valence-corrected chi connectivity index (χ2v) is 10.5. The molecule has 8 nitrogen and oxygen atoms in total. The Balaban J connectivity index is 1.83. The van der Waals surface area contributed by atoms with Crippen LogP contribution in [0.1, 0.15) is 64.2 Å². The number of rotatable bonds is 5. The molecule has 186 valence electrons. The van der Waals surface area contributed by atoms with Crippen LogP contribution in [-0.4, -0.2) is 59.1 Å². The summed E-state index contributed by atoms with van der Waals surface area (Å²) in [5, 5.41) is 11.8. The highest BCUT2D eigenvalue weighted by Gasteiger charge is 2.76. The lowest BCUT2D eigenvalue weighted by Gasteiger charge is -2.61. The van der Waals surface area contributed by atoms with Crippen LogP contribution in [0.15, 0.2) is 30.3 Å². The van der Waals surface area contributed by atoms with Gasteiger partial charge in [-0.05, 0) is 57.1 Å². The van der Waals surface area contributed by atoms with Crippen molar-refractivity contribution in [3.63, 3.8) is 0 Å². The van der Waals surface area contributed by atoms with E-state index in [1.165, 1.54) is 13.8 Å². The standard InChI is InChI=1S/C26H34O8/c1-15-11-20(32-17(3)28)22(29)25(14-31-16(2)27)21(33-23(30)18-9-7-6-8-10-18)12-19-13-26(15,25)34-24(19,4)5/h6-10,15,19-22,29H,11-14H2,1-5H3. The molecule has 2 bridgehead atoms. The quantitative estimate of drug-likeness (QED) is 0.512. The van der Waals surface area contributed by atoms with Gasteiger partial charge in [-0.2, -0.15) is 0 Å². The Labute approximate surface area is 199 Å². The molecule has 7 atom stereocenters. The molecule has 2 aliphatic carbocycles. The summed E-state index contributed by atoms with van der Waals surface area (Å²) in [7, 11) is 0. The van der Waals surface area contributed by atoms with Crippen LogP contribution in [0.25, 0.3) is 0 Å². The molecule has 2 saturated carbocycles. The molecular weight excluding hydrogens is 440 g/mol. The Morgan fingerprint density at radius 3 is 2.35 bits per heavy atom. The van der Waals surface area contributed by atoms with Crippen LogP contribution in [0, 0.1) is 17.3 Å². The van der Waals surface area contributed by atoms with Gasteiger partial charge in [-0.15, -0.1) is 0 Å². The highest BCUT2D eigenvalue weighted by atomic mass is 16.6. The maximum absolute atomic E-state index is 13.2. The number of esters is 3. The normalized spacial score (nSPS) is 37.9. The summed E-state index contributed by atoms with van der Waals surface area (Å²) < 4.78 is 23.9. The van der Waals surface area contributed by atoms with Gasteiger partial charge in [-0.3, -0.25) is 9.59 Å². The van der Waals surface area contributed by atoms with E-state index in [0.717, 1.165) is 0 Å². The van der Waals surface area contributed by atoms with E-state index in [4.69, 9.17) is 18.9 Å². The summed E-state index contributed by atoms with van der Waals surface area (Å²) in [6.45, 7) is 8.36. The summed E-state index contributed by atoms with van der Waals surface area (Å²) in [5.41, 5.74) is -2.41. The first-order valence-corrected chi connectivity index (χ1v) is 11.9. The molecule has 1 aliphatic heterocycles.